The van der Waals surface area contributed by atoms with Gasteiger partial charge in [0.15, 0.2) is 6.79 Å². The summed E-state index contributed by atoms with van der Waals surface area (Å²) >= 11 is 3.49. The summed E-state index contributed by atoms with van der Waals surface area (Å²) in [7, 11) is 1.60. The minimum absolute atomic E-state index is 0.0594. The summed E-state index contributed by atoms with van der Waals surface area (Å²) in [6, 6.07) is 5.71. The van der Waals surface area contributed by atoms with Crippen molar-refractivity contribution >= 4 is 15.9 Å². The number of methoxy groups -OCH3 is 1. The Morgan fingerprint density at radius 1 is 1.42 bits per heavy atom. The lowest BCUT2D eigenvalue weighted by molar-refractivity contribution is 0.0510. The van der Waals surface area contributed by atoms with Crippen LogP contribution in [0, 0.1) is 11.8 Å². The van der Waals surface area contributed by atoms with E-state index in [-0.39, 0.29) is 12.9 Å². The van der Waals surface area contributed by atoms with Crippen LogP contribution in [0.25, 0.3) is 0 Å². The van der Waals surface area contributed by atoms with Crippen molar-refractivity contribution in [3.63, 3.8) is 0 Å². The van der Waals surface area contributed by atoms with Gasteiger partial charge in [-0.25, -0.2) is 0 Å². The van der Waals surface area contributed by atoms with E-state index in [9.17, 15) is 0 Å². The molecule has 0 bridgehead atoms. The van der Waals surface area contributed by atoms with Crippen molar-refractivity contribution < 1.29 is 14.2 Å². The molecule has 0 saturated carbocycles. The molecule has 0 radical (unpaired) electrons. The molecule has 4 heteroatoms. The number of hydrogen-bond acceptors (Lipinski definition) is 3. The van der Waals surface area contributed by atoms with Gasteiger partial charge in [-0.05, 0) is 53.4 Å². The maximum atomic E-state index is 5.59. The number of hydrogen-bond donors (Lipinski definition) is 0. The fourth-order valence-corrected chi connectivity index (χ4v) is 2.18. The molecule has 2 rings (SSSR count). The third-order valence-corrected chi connectivity index (χ3v) is 3.52. The van der Waals surface area contributed by atoms with Crippen molar-refractivity contribution in [2.24, 2.45) is 0 Å². The van der Waals surface area contributed by atoms with E-state index in [0.29, 0.717) is 0 Å². The molecule has 1 saturated heterocycles. The maximum Gasteiger partial charge on any atom is 0.188 e. The van der Waals surface area contributed by atoms with Crippen LogP contribution in [0.5, 0.6) is 5.75 Å². The lowest BCUT2D eigenvalue weighted by Crippen LogP contribution is -2.16. The van der Waals surface area contributed by atoms with Gasteiger partial charge in [-0.1, -0.05) is 11.8 Å². The lowest BCUT2D eigenvalue weighted by Gasteiger charge is -2.17. The van der Waals surface area contributed by atoms with E-state index in [1.54, 1.807) is 7.11 Å². The van der Waals surface area contributed by atoms with Crippen LogP contribution in [0.3, 0.4) is 0 Å². The topological polar surface area (TPSA) is 27.7 Å². The Labute approximate surface area is 122 Å². The Hall–Kier alpha value is -1.02. The molecule has 0 amide bonds. The minimum atomic E-state index is 0.0594. The van der Waals surface area contributed by atoms with Crippen LogP contribution < -0.4 is 4.74 Å². The quantitative estimate of drug-likeness (QED) is 0.630. The first-order valence-corrected chi connectivity index (χ1v) is 7.13. The molecule has 3 nitrogen and oxygen atoms in total. The molecule has 1 heterocycles. The van der Waals surface area contributed by atoms with E-state index in [1.807, 2.05) is 18.2 Å². The second kappa shape index (κ2) is 7.54. The highest BCUT2D eigenvalue weighted by Crippen LogP contribution is 2.22. The average Bonchev–Trinajstić information content (AvgIpc) is 2.46. The highest BCUT2D eigenvalue weighted by atomic mass is 79.9. The van der Waals surface area contributed by atoms with Gasteiger partial charge in [-0.2, -0.15) is 0 Å². The molecular weight excluding hydrogens is 308 g/mol. The second-order valence-electron chi connectivity index (χ2n) is 4.32. The summed E-state index contributed by atoms with van der Waals surface area (Å²) in [6.45, 7) is 1.05. The van der Waals surface area contributed by atoms with Gasteiger partial charge in [0.1, 0.15) is 11.9 Å². The van der Waals surface area contributed by atoms with Crippen LogP contribution in [0.1, 0.15) is 24.8 Å². The number of halogens is 1. The number of ether oxygens (including phenoxy) is 3. The van der Waals surface area contributed by atoms with E-state index in [1.165, 1.54) is 6.42 Å². The molecule has 102 valence electrons. The smallest absolute Gasteiger partial charge is 0.188 e. The van der Waals surface area contributed by atoms with Crippen molar-refractivity contribution in [2.75, 3.05) is 20.5 Å². The van der Waals surface area contributed by atoms with Crippen molar-refractivity contribution in [3.8, 4) is 17.6 Å². The predicted octanol–water partition coefficient (Wildman–Crippen LogP) is 3.35. The molecule has 0 aliphatic carbocycles. The van der Waals surface area contributed by atoms with E-state index in [0.717, 1.165) is 35.2 Å². The van der Waals surface area contributed by atoms with Crippen LogP contribution in [0.2, 0.25) is 0 Å². The highest BCUT2D eigenvalue weighted by molar-refractivity contribution is 9.10. The van der Waals surface area contributed by atoms with Gasteiger partial charge in [0.05, 0.1) is 0 Å². The lowest BCUT2D eigenvalue weighted by atomic mass is 10.1. The largest absolute Gasteiger partial charge is 0.468 e. The third kappa shape index (κ3) is 4.54. The number of benzene rings is 1. The first-order chi connectivity index (χ1) is 9.29. The zero-order valence-corrected chi connectivity index (χ0v) is 12.5. The van der Waals surface area contributed by atoms with Crippen LogP contribution in [0.15, 0.2) is 22.7 Å². The van der Waals surface area contributed by atoms with Crippen molar-refractivity contribution in [1.29, 1.82) is 0 Å². The summed E-state index contributed by atoms with van der Waals surface area (Å²) in [4.78, 5) is 0. The van der Waals surface area contributed by atoms with Crippen LogP contribution in [-0.4, -0.2) is 26.6 Å². The molecule has 1 aromatic rings. The summed E-state index contributed by atoms with van der Waals surface area (Å²) in [5.74, 6) is 7.08. The molecule has 1 aliphatic heterocycles. The van der Waals surface area contributed by atoms with Crippen LogP contribution in [-0.2, 0) is 9.47 Å². The molecule has 1 atom stereocenters. The SMILES string of the molecule is COCOc1ccc(Br)c(C#CC2CCCCO2)c1. The normalized spacial score (nSPS) is 18.5. The Morgan fingerprint density at radius 2 is 2.32 bits per heavy atom. The molecule has 1 aliphatic rings. The summed E-state index contributed by atoms with van der Waals surface area (Å²) in [6.07, 6.45) is 3.41. The molecule has 0 spiro atoms. The van der Waals surface area contributed by atoms with Gasteiger partial charge in [0.2, 0.25) is 0 Å². The first kappa shape index (κ1) is 14.4. The third-order valence-electron chi connectivity index (χ3n) is 2.83. The summed E-state index contributed by atoms with van der Waals surface area (Å²) in [5, 5.41) is 0. The molecule has 1 aromatic carbocycles. The maximum absolute atomic E-state index is 5.59. The Morgan fingerprint density at radius 3 is 3.05 bits per heavy atom. The Bertz CT molecular complexity index is 470. The van der Waals surface area contributed by atoms with Gasteiger partial charge in [-0.3, -0.25) is 0 Å². The monoisotopic (exact) mass is 324 g/mol. The van der Waals surface area contributed by atoms with E-state index in [2.05, 4.69) is 27.8 Å². The Balaban J connectivity index is 2.07. The Kier molecular flexibility index (Phi) is 5.71. The van der Waals surface area contributed by atoms with Crippen LogP contribution >= 0.6 is 15.9 Å². The fourth-order valence-electron chi connectivity index (χ4n) is 1.83. The zero-order valence-electron chi connectivity index (χ0n) is 10.9. The van der Waals surface area contributed by atoms with Crippen molar-refractivity contribution in [1.82, 2.24) is 0 Å². The number of rotatable bonds is 3. The summed E-state index contributed by atoms with van der Waals surface area (Å²) in [5.41, 5.74) is 0.905. The molecular formula is C15H17BrO3. The molecule has 0 N–H and O–H groups in total. The van der Waals surface area contributed by atoms with Crippen molar-refractivity contribution in [2.45, 2.75) is 25.4 Å². The van der Waals surface area contributed by atoms with E-state index in [4.69, 9.17) is 14.2 Å². The van der Waals surface area contributed by atoms with E-state index < -0.39 is 0 Å². The standard InChI is InChI=1S/C15H17BrO3/c1-17-11-19-14-7-8-15(16)12(10-14)5-6-13-4-2-3-9-18-13/h7-8,10,13H,2-4,9,11H2,1H3. The first-order valence-electron chi connectivity index (χ1n) is 6.34. The highest BCUT2D eigenvalue weighted by Gasteiger charge is 2.10. The minimum Gasteiger partial charge on any atom is -0.468 e. The molecule has 1 fully saturated rings. The molecule has 1 unspecified atom stereocenters. The zero-order chi connectivity index (χ0) is 13.5. The fraction of sp³-hybridized carbons (Fsp3) is 0.467. The average molecular weight is 325 g/mol. The van der Waals surface area contributed by atoms with Gasteiger partial charge in [0.25, 0.3) is 0 Å². The van der Waals surface area contributed by atoms with Gasteiger partial charge < -0.3 is 14.2 Å². The van der Waals surface area contributed by atoms with Gasteiger partial charge >= 0.3 is 0 Å². The molecule has 0 aromatic heterocycles. The summed E-state index contributed by atoms with van der Waals surface area (Å²) < 4.78 is 16.8. The second-order valence-corrected chi connectivity index (χ2v) is 5.17. The van der Waals surface area contributed by atoms with Gasteiger partial charge in [-0.15, -0.1) is 0 Å². The van der Waals surface area contributed by atoms with Crippen LogP contribution in [0.4, 0.5) is 0 Å². The predicted molar refractivity (Wildman–Crippen MR) is 77.1 cm³/mol. The molecule has 19 heavy (non-hydrogen) atoms. The van der Waals surface area contributed by atoms with Crippen molar-refractivity contribution in [3.05, 3.63) is 28.2 Å². The van der Waals surface area contributed by atoms with Gasteiger partial charge in [0, 0.05) is 23.8 Å². The van der Waals surface area contributed by atoms with E-state index >= 15 is 0 Å².